The van der Waals surface area contributed by atoms with E-state index in [2.05, 4.69) is 4.72 Å². The molecular weight excluding hydrogens is 298 g/mol. The van der Waals surface area contributed by atoms with Crippen molar-refractivity contribution in [1.29, 1.82) is 0 Å². The molecule has 1 aromatic rings. The zero-order valence-corrected chi connectivity index (χ0v) is 13.2. The number of thioether (sulfide) groups is 1. The first-order valence-corrected chi connectivity index (χ1v) is 9.08. The summed E-state index contributed by atoms with van der Waals surface area (Å²) in [6.45, 7) is 2.01. The average Bonchev–Trinajstić information content (AvgIpc) is 2.38. The molecule has 1 rings (SSSR count). The van der Waals surface area contributed by atoms with Gasteiger partial charge in [-0.1, -0.05) is 6.07 Å². The molecule has 0 aliphatic rings. The number of nitrogens with one attached hydrogen (secondary N) is 1. The highest BCUT2D eigenvalue weighted by Gasteiger charge is 2.18. The topological polar surface area (TPSA) is 83.5 Å². The predicted molar refractivity (Wildman–Crippen MR) is 80.9 cm³/mol. The molecule has 1 aromatic carbocycles. The summed E-state index contributed by atoms with van der Waals surface area (Å²) in [5.74, 6) is -0.142. The molecule has 0 unspecified atom stereocenters. The van der Waals surface area contributed by atoms with Crippen LogP contribution in [0.3, 0.4) is 0 Å². The number of sulfonamides is 1. The lowest BCUT2D eigenvalue weighted by molar-refractivity contribution is 0.0696. The van der Waals surface area contributed by atoms with Gasteiger partial charge in [-0.15, -0.1) is 0 Å². The summed E-state index contributed by atoms with van der Waals surface area (Å²) in [6, 6.07) is 4.10. The number of carboxylic acids is 1. The van der Waals surface area contributed by atoms with Crippen LogP contribution in [0.1, 0.15) is 28.8 Å². The SMILES string of the molecule is CSCCCCNS(=O)(=O)c1cc(C(=O)O)ccc1C. The summed E-state index contributed by atoms with van der Waals surface area (Å²) in [5.41, 5.74) is 0.505. The number of aryl methyl sites for hydroxylation is 1. The molecule has 0 saturated carbocycles. The van der Waals surface area contributed by atoms with Crippen molar-refractivity contribution in [2.24, 2.45) is 0 Å². The predicted octanol–water partition coefficient (Wildman–Crippen LogP) is 2.11. The molecule has 20 heavy (non-hydrogen) atoms. The molecule has 0 amide bonds. The molecule has 2 N–H and O–H groups in total. The van der Waals surface area contributed by atoms with Crippen molar-refractivity contribution in [2.45, 2.75) is 24.7 Å². The number of carbonyl (C=O) groups is 1. The number of unbranched alkanes of at least 4 members (excludes halogenated alkanes) is 1. The zero-order valence-electron chi connectivity index (χ0n) is 11.5. The van der Waals surface area contributed by atoms with E-state index in [-0.39, 0.29) is 10.5 Å². The molecule has 7 heteroatoms. The lowest BCUT2D eigenvalue weighted by Gasteiger charge is -2.10. The number of aromatic carboxylic acids is 1. The van der Waals surface area contributed by atoms with Crippen molar-refractivity contribution in [3.63, 3.8) is 0 Å². The number of benzene rings is 1. The normalized spacial score (nSPS) is 11.5. The molecule has 0 spiro atoms. The van der Waals surface area contributed by atoms with E-state index in [1.165, 1.54) is 18.2 Å². The van der Waals surface area contributed by atoms with Crippen molar-refractivity contribution in [3.8, 4) is 0 Å². The van der Waals surface area contributed by atoms with Crippen LogP contribution in [0, 0.1) is 6.92 Å². The Morgan fingerprint density at radius 1 is 1.35 bits per heavy atom. The number of hydrogen-bond acceptors (Lipinski definition) is 4. The van der Waals surface area contributed by atoms with Gasteiger partial charge in [0.2, 0.25) is 10.0 Å². The van der Waals surface area contributed by atoms with Crippen molar-refractivity contribution >= 4 is 27.8 Å². The first-order chi connectivity index (χ1) is 9.38. The summed E-state index contributed by atoms with van der Waals surface area (Å²) < 4.78 is 26.8. The van der Waals surface area contributed by atoms with E-state index in [0.29, 0.717) is 12.1 Å². The number of carboxylic acid groups (broad SMARTS) is 1. The Labute approximate surface area is 123 Å². The van der Waals surface area contributed by atoms with Gasteiger partial charge in [-0.05, 0) is 49.5 Å². The second kappa shape index (κ2) is 7.66. The first-order valence-electron chi connectivity index (χ1n) is 6.21. The van der Waals surface area contributed by atoms with E-state index in [1.807, 2.05) is 6.26 Å². The van der Waals surface area contributed by atoms with Crippen LogP contribution in [0.2, 0.25) is 0 Å². The van der Waals surface area contributed by atoms with Gasteiger partial charge in [0, 0.05) is 6.54 Å². The minimum atomic E-state index is -3.65. The van der Waals surface area contributed by atoms with E-state index in [9.17, 15) is 13.2 Å². The van der Waals surface area contributed by atoms with Crippen molar-refractivity contribution in [2.75, 3.05) is 18.6 Å². The third-order valence-corrected chi connectivity index (χ3v) is 5.09. The summed E-state index contributed by atoms with van der Waals surface area (Å²) in [6.07, 6.45) is 3.71. The molecule has 112 valence electrons. The van der Waals surface area contributed by atoms with Gasteiger partial charge in [-0.3, -0.25) is 0 Å². The lowest BCUT2D eigenvalue weighted by atomic mass is 10.1. The third-order valence-electron chi connectivity index (χ3n) is 2.79. The Bertz CT molecular complexity index is 570. The van der Waals surface area contributed by atoms with E-state index in [4.69, 9.17) is 5.11 Å². The minimum Gasteiger partial charge on any atom is -0.478 e. The fourth-order valence-corrected chi connectivity index (χ4v) is 3.51. The van der Waals surface area contributed by atoms with Crippen LogP contribution in [0.15, 0.2) is 23.1 Å². The van der Waals surface area contributed by atoms with Crippen molar-refractivity contribution < 1.29 is 18.3 Å². The van der Waals surface area contributed by atoms with Gasteiger partial charge in [0.05, 0.1) is 10.5 Å². The summed E-state index contributed by atoms with van der Waals surface area (Å²) in [4.78, 5) is 10.9. The van der Waals surface area contributed by atoms with Crippen LogP contribution < -0.4 is 4.72 Å². The van der Waals surface area contributed by atoms with Crippen LogP contribution in [0.25, 0.3) is 0 Å². The fraction of sp³-hybridized carbons (Fsp3) is 0.462. The molecule has 0 saturated heterocycles. The van der Waals surface area contributed by atoms with E-state index in [0.717, 1.165) is 18.6 Å². The molecule has 0 heterocycles. The molecule has 0 bridgehead atoms. The van der Waals surface area contributed by atoms with E-state index in [1.54, 1.807) is 18.7 Å². The van der Waals surface area contributed by atoms with Gasteiger partial charge in [0.1, 0.15) is 0 Å². The Balaban J connectivity index is 2.81. The van der Waals surface area contributed by atoms with Gasteiger partial charge in [0.15, 0.2) is 0 Å². The van der Waals surface area contributed by atoms with Gasteiger partial charge in [-0.25, -0.2) is 17.9 Å². The van der Waals surface area contributed by atoms with Crippen LogP contribution in [-0.4, -0.2) is 38.0 Å². The smallest absolute Gasteiger partial charge is 0.335 e. The molecule has 0 aliphatic carbocycles. The maximum absolute atomic E-state index is 12.2. The van der Waals surface area contributed by atoms with E-state index < -0.39 is 16.0 Å². The molecule has 5 nitrogen and oxygen atoms in total. The Morgan fingerprint density at radius 2 is 2.05 bits per heavy atom. The maximum atomic E-state index is 12.2. The Kier molecular flexibility index (Phi) is 6.51. The van der Waals surface area contributed by atoms with Gasteiger partial charge in [0.25, 0.3) is 0 Å². The number of hydrogen-bond donors (Lipinski definition) is 2. The van der Waals surface area contributed by atoms with Crippen LogP contribution >= 0.6 is 11.8 Å². The van der Waals surface area contributed by atoms with Gasteiger partial charge >= 0.3 is 5.97 Å². The summed E-state index contributed by atoms with van der Waals surface area (Å²) >= 11 is 1.72. The quantitative estimate of drug-likeness (QED) is 0.718. The van der Waals surface area contributed by atoms with Gasteiger partial charge < -0.3 is 5.11 Å². The minimum absolute atomic E-state index is 0.0293. The average molecular weight is 317 g/mol. The molecule has 0 aromatic heterocycles. The highest BCUT2D eigenvalue weighted by Crippen LogP contribution is 2.17. The van der Waals surface area contributed by atoms with Crippen LogP contribution in [-0.2, 0) is 10.0 Å². The second-order valence-corrected chi connectivity index (χ2v) is 7.10. The summed E-state index contributed by atoms with van der Waals surface area (Å²) in [5, 5.41) is 8.92. The van der Waals surface area contributed by atoms with Crippen molar-refractivity contribution in [1.82, 2.24) is 4.72 Å². The second-order valence-electron chi connectivity index (χ2n) is 4.38. The van der Waals surface area contributed by atoms with Crippen LogP contribution in [0.5, 0.6) is 0 Å². The third kappa shape index (κ3) is 4.81. The molecule has 0 radical (unpaired) electrons. The Morgan fingerprint density at radius 3 is 2.65 bits per heavy atom. The lowest BCUT2D eigenvalue weighted by Crippen LogP contribution is -2.25. The van der Waals surface area contributed by atoms with Crippen LogP contribution in [0.4, 0.5) is 0 Å². The van der Waals surface area contributed by atoms with Gasteiger partial charge in [-0.2, -0.15) is 11.8 Å². The zero-order chi connectivity index (χ0) is 15.2. The number of rotatable bonds is 8. The monoisotopic (exact) mass is 317 g/mol. The first kappa shape index (κ1) is 17.0. The highest BCUT2D eigenvalue weighted by molar-refractivity contribution is 7.98. The fourth-order valence-electron chi connectivity index (χ4n) is 1.68. The Hall–Kier alpha value is -1.05. The molecule has 0 fully saturated rings. The van der Waals surface area contributed by atoms with E-state index >= 15 is 0 Å². The maximum Gasteiger partial charge on any atom is 0.335 e. The van der Waals surface area contributed by atoms with Crippen molar-refractivity contribution in [3.05, 3.63) is 29.3 Å². The highest BCUT2D eigenvalue weighted by atomic mass is 32.2. The largest absolute Gasteiger partial charge is 0.478 e. The summed E-state index contributed by atoms with van der Waals surface area (Å²) in [7, 11) is -3.65. The molecule has 0 atom stereocenters. The molecular formula is C13H19NO4S2. The standard InChI is InChI=1S/C13H19NO4S2/c1-10-5-6-11(13(15)16)9-12(10)20(17,18)14-7-3-4-8-19-2/h5-6,9,14H,3-4,7-8H2,1-2H3,(H,15,16). The molecule has 0 aliphatic heterocycles.